The zero-order valence-corrected chi connectivity index (χ0v) is 17.1. The van der Waals surface area contributed by atoms with Gasteiger partial charge in [0.15, 0.2) is 0 Å². The number of aromatic nitrogens is 3. The number of carbonyl (C=O) groups is 2. The molecule has 0 spiro atoms. The standard InChI is InChI=1S/C20H23N5O5/c1-11-23-16(25-30-11)13-6-5-12-7-8-21-17(14(12)9-13)22-10-15(18(26)27)24-19(28)29-20(2,3)4/h5-9,15H,10H2,1-4H3,(H,21,22)(H,24,28)(H,26,27)/t15-/m0/s1. The summed E-state index contributed by atoms with van der Waals surface area (Å²) >= 11 is 0. The molecule has 158 valence electrons. The first kappa shape index (κ1) is 21.0. The fraction of sp³-hybridized carbons (Fsp3) is 0.350. The van der Waals surface area contributed by atoms with E-state index in [2.05, 4.69) is 25.8 Å². The number of hydrogen-bond acceptors (Lipinski definition) is 8. The zero-order valence-electron chi connectivity index (χ0n) is 17.1. The molecule has 0 aliphatic heterocycles. The largest absolute Gasteiger partial charge is 0.480 e. The molecule has 0 bridgehead atoms. The van der Waals surface area contributed by atoms with Gasteiger partial charge in [-0.15, -0.1) is 0 Å². The Morgan fingerprint density at radius 1 is 1.27 bits per heavy atom. The second-order valence-corrected chi connectivity index (χ2v) is 7.65. The Bertz CT molecular complexity index is 1070. The molecular formula is C20H23N5O5. The minimum Gasteiger partial charge on any atom is -0.480 e. The first-order valence-electron chi connectivity index (χ1n) is 9.28. The van der Waals surface area contributed by atoms with Crippen LogP contribution in [-0.2, 0) is 9.53 Å². The molecule has 0 saturated heterocycles. The minimum absolute atomic E-state index is 0.0910. The molecule has 3 N–H and O–H groups in total. The monoisotopic (exact) mass is 413 g/mol. The summed E-state index contributed by atoms with van der Waals surface area (Å²) in [4.78, 5) is 32.0. The summed E-state index contributed by atoms with van der Waals surface area (Å²) in [7, 11) is 0. The molecule has 0 saturated carbocycles. The number of hydrogen-bond donors (Lipinski definition) is 3. The van der Waals surface area contributed by atoms with Crippen LogP contribution in [0.3, 0.4) is 0 Å². The molecule has 0 fully saturated rings. The van der Waals surface area contributed by atoms with Crippen LogP contribution in [0.2, 0.25) is 0 Å². The summed E-state index contributed by atoms with van der Waals surface area (Å²) in [6, 6.07) is 6.21. The van der Waals surface area contributed by atoms with Gasteiger partial charge in [0.25, 0.3) is 0 Å². The van der Waals surface area contributed by atoms with Crippen molar-refractivity contribution < 1.29 is 24.0 Å². The Morgan fingerprint density at radius 2 is 2.03 bits per heavy atom. The Kier molecular flexibility index (Phi) is 5.86. The van der Waals surface area contributed by atoms with Gasteiger partial charge in [-0.3, -0.25) is 0 Å². The maximum atomic E-state index is 11.9. The third kappa shape index (κ3) is 5.22. The van der Waals surface area contributed by atoms with Crippen LogP contribution < -0.4 is 10.6 Å². The predicted molar refractivity (Wildman–Crippen MR) is 109 cm³/mol. The van der Waals surface area contributed by atoms with Crippen molar-refractivity contribution in [3.63, 3.8) is 0 Å². The average Bonchev–Trinajstić information content (AvgIpc) is 3.09. The topological polar surface area (TPSA) is 139 Å². The molecule has 2 aromatic heterocycles. The molecule has 10 nitrogen and oxygen atoms in total. The second kappa shape index (κ2) is 8.36. The van der Waals surface area contributed by atoms with E-state index in [-0.39, 0.29) is 6.54 Å². The highest BCUT2D eigenvalue weighted by molar-refractivity contribution is 5.94. The third-order valence-electron chi connectivity index (χ3n) is 4.01. The Balaban J connectivity index is 1.80. The lowest BCUT2D eigenvalue weighted by Gasteiger charge is -2.22. The zero-order chi connectivity index (χ0) is 21.9. The maximum absolute atomic E-state index is 11.9. The van der Waals surface area contributed by atoms with Crippen molar-refractivity contribution in [2.45, 2.75) is 39.3 Å². The molecule has 2 heterocycles. The van der Waals surface area contributed by atoms with Gasteiger partial charge in [-0.05, 0) is 38.3 Å². The number of carboxylic acids is 1. The number of carbonyl (C=O) groups excluding carboxylic acids is 1. The number of benzene rings is 1. The molecule has 30 heavy (non-hydrogen) atoms. The van der Waals surface area contributed by atoms with E-state index in [0.717, 1.165) is 16.3 Å². The summed E-state index contributed by atoms with van der Waals surface area (Å²) < 4.78 is 10.2. The number of rotatable bonds is 6. The van der Waals surface area contributed by atoms with Gasteiger partial charge in [-0.2, -0.15) is 4.98 Å². The van der Waals surface area contributed by atoms with Gasteiger partial charge >= 0.3 is 12.1 Å². The lowest BCUT2D eigenvalue weighted by atomic mass is 10.1. The molecule has 10 heteroatoms. The highest BCUT2D eigenvalue weighted by Gasteiger charge is 2.24. The van der Waals surface area contributed by atoms with Crippen molar-refractivity contribution in [1.82, 2.24) is 20.4 Å². The predicted octanol–water partition coefficient (Wildman–Crippen LogP) is 2.98. The van der Waals surface area contributed by atoms with Crippen molar-refractivity contribution in [3.8, 4) is 11.4 Å². The average molecular weight is 413 g/mol. The summed E-state index contributed by atoms with van der Waals surface area (Å²) in [6.45, 7) is 6.71. The van der Waals surface area contributed by atoms with Crippen LogP contribution in [0, 0.1) is 6.92 Å². The lowest BCUT2D eigenvalue weighted by Crippen LogP contribution is -2.47. The molecule has 3 rings (SSSR count). The molecule has 1 atom stereocenters. The Labute approximate surface area is 172 Å². The number of nitrogens with zero attached hydrogens (tertiary/aromatic N) is 3. The number of carboxylic acid groups (broad SMARTS) is 1. The van der Waals surface area contributed by atoms with Crippen LogP contribution in [0.15, 0.2) is 35.0 Å². The van der Waals surface area contributed by atoms with E-state index >= 15 is 0 Å². The number of alkyl carbamates (subject to hydrolysis) is 1. The number of ether oxygens (including phenoxy) is 1. The number of amides is 1. The molecule has 0 unspecified atom stereocenters. The summed E-state index contributed by atoms with van der Waals surface area (Å²) in [5.41, 5.74) is -0.00107. The number of nitrogens with one attached hydrogen (secondary N) is 2. The van der Waals surface area contributed by atoms with Crippen LogP contribution in [-0.4, -0.2) is 50.5 Å². The van der Waals surface area contributed by atoms with Gasteiger partial charge in [-0.1, -0.05) is 17.3 Å². The van der Waals surface area contributed by atoms with E-state index in [4.69, 9.17) is 9.26 Å². The van der Waals surface area contributed by atoms with E-state index in [1.165, 1.54) is 0 Å². The second-order valence-electron chi connectivity index (χ2n) is 7.65. The van der Waals surface area contributed by atoms with Crippen LogP contribution in [0.1, 0.15) is 26.7 Å². The number of aliphatic carboxylic acids is 1. The van der Waals surface area contributed by atoms with E-state index in [1.807, 2.05) is 24.3 Å². The van der Waals surface area contributed by atoms with Gasteiger partial charge in [0, 0.05) is 30.6 Å². The normalized spacial score (nSPS) is 12.4. The molecule has 3 aromatic rings. The van der Waals surface area contributed by atoms with Crippen molar-refractivity contribution >= 4 is 28.7 Å². The number of pyridine rings is 1. The van der Waals surface area contributed by atoms with Gasteiger partial charge in [0.1, 0.15) is 17.5 Å². The molecule has 1 aromatic carbocycles. The quantitative estimate of drug-likeness (QED) is 0.556. The fourth-order valence-corrected chi connectivity index (χ4v) is 2.71. The SMILES string of the molecule is Cc1nc(-c2ccc3ccnc(NC[C@H](NC(=O)OC(C)(C)C)C(=O)O)c3c2)no1. The van der Waals surface area contributed by atoms with Crippen molar-refractivity contribution in [2.24, 2.45) is 0 Å². The van der Waals surface area contributed by atoms with Gasteiger partial charge < -0.3 is 25.0 Å². The minimum atomic E-state index is -1.21. The number of aryl methyl sites for hydroxylation is 1. The van der Waals surface area contributed by atoms with Crippen LogP contribution in [0.5, 0.6) is 0 Å². The first-order valence-corrected chi connectivity index (χ1v) is 9.28. The van der Waals surface area contributed by atoms with Gasteiger partial charge in [-0.25, -0.2) is 14.6 Å². The third-order valence-corrected chi connectivity index (χ3v) is 4.01. The summed E-state index contributed by atoms with van der Waals surface area (Å²) in [5.74, 6) is 0.162. The van der Waals surface area contributed by atoms with Crippen LogP contribution in [0.4, 0.5) is 10.6 Å². The van der Waals surface area contributed by atoms with Crippen LogP contribution in [0.25, 0.3) is 22.2 Å². The Morgan fingerprint density at radius 3 is 2.67 bits per heavy atom. The van der Waals surface area contributed by atoms with Crippen molar-refractivity contribution in [3.05, 3.63) is 36.4 Å². The van der Waals surface area contributed by atoms with Crippen LogP contribution >= 0.6 is 0 Å². The first-order chi connectivity index (χ1) is 14.1. The van der Waals surface area contributed by atoms with Crippen molar-refractivity contribution in [1.29, 1.82) is 0 Å². The van der Waals surface area contributed by atoms with E-state index in [9.17, 15) is 14.7 Å². The van der Waals surface area contributed by atoms with E-state index in [1.54, 1.807) is 33.9 Å². The van der Waals surface area contributed by atoms with Gasteiger partial charge in [0.05, 0.1) is 0 Å². The highest BCUT2D eigenvalue weighted by atomic mass is 16.6. The lowest BCUT2D eigenvalue weighted by molar-refractivity contribution is -0.139. The highest BCUT2D eigenvalue weighted by Crippen LogP contribution is 2.26. The van der Waals surface area contributed by atoms with E-state index < -0.39 is 23.7 Å². The molecule has 0 aliphatic carbocycles. The van der Waals surface area contributed by atoms with Gasteiger partial charge in [0.2, 0.25) is 11.7 Å². The Hall–Kier alpha value is -3.69. The van der Waals surface area contributed by atoms with E-state index in [0.29, 0.717) is 17.5 Å². The fourth-order valence-electron chi connectivity index (χ4n) is 2.71. The van der Waals surface area contributed by atoms with Crippen molar-refractivity contribution in [2.75, 3.05) is 11.9 Å². The summed E-state index contributed by atoms with van der Waals surface area (Å²) in [6.07, 6.45) is 0.803. The smallest absolute Gasteiger partial charge is 0.408 e. The molecule has 0 aliphatic rings. The molecule has 0 radical (unpaired) electrons. The maximum Gasteiger partial charge on any atom is 0.408 e. The number of fused-ring (bicyclic) bond motifs is 1. The number of anilines is 1. The molecule has 1 amide bonds. The summed E-state index contributed by atoms with van der Waals surface area (Å²) in [5, 5.41) is 20.3. The molecular weight excluding hydrogens is 390 g/mol.